The molecule has 4 nitrogen and oxygen atoms in total. The molecule has 0 unspecified atom stereocenters. The number of halogens is 1. The molecule has 0 amide bonds. The van der Waals surface area contributed by atoms with Crippen LogP contribution in [0.15, 0.2) is 34.9 Å². The lowest BCUT2D eigenvalue weighted by atomic mass is 9.84. The van der Waals surface area contributed by atoms with Crippen molar-refractivity contribution in [1.29, 1.82) is 0 Å². The van der Waals surface area contributed by atoms with Gasteiger partial charge in [-0.3, -0.25) is 4.98 Å². The third-order valence-corrected chi connectivity index (χ3v) is 4.70. The van der Waals surface area contributed by atoms with Gasteiger partial charge in [-0.15, -0.1) is 0 Å². The van der Waals surface area contributed by atoms with Gasteiger partial charge < -0.3 is 14.2 Å². The van der Waals surface area contributed by atoms with Crippen molar-refractivity contribution >= 4 is 46.6 Å². The average Bonchev–Trinajstić information content (AvgIpc) is 2.81. The van der Waals surface area contributed by atoms with Crippen LogP contribution in [0.1, 0.15) is 27.7 Å². The van der Waals surface area contributed by atoms with Gasteiger partial charge in [0, 0.05) is 33.7 Å². The molecule has 1 aromatic carbocycles. The van der Waals surface area contributed by atoms with Gasteiger partial charge in [-0.25, -0.2) is 0 Å². The second-order valence-corrected chi connectivity index (χ2v) is 7.17. The molecule has 120 valence electrons. The van der Waals surface area contributed by atoms with Crippen molar-refractivity contribution in [3.05, 3.63) is 35.5 Å². The van der Waals surface area contributed by atoms with E-state index in [2.05, 4.69) is 4.98 Å². The van der Waals surface area contributed by atoms with Crippen LogP contribution < -0.4 is 5.59 Å². The number of nitrogens with zero attached hydrogens (tertiary/aromatic N) is 1. The van der Waals surface area contributed by atoms with E-state index in [1.54, 1.807) is 26.1 Å². The average molecular weight is 332 g/mol. The molecule has 3 rings (SSSR count). The second-order valence-electron chi connectivity index (χ2n) is 6.73. The molecule has 0 aliphatic rings. The molecule has 0 fully saturated rings. The number of pyridine rings is 1. The summed E-state index contributed by atoms with van der Waals surface area (Å²) < 4.78 is 11.8. The lowest BCUT2D eigenvalue weighted by molar-refractivity contribution is -0.0893. The molecule has 0 saturated heterocycles. The zero-order valence-corrected chi connectivity index (χ0v) is 14.4. The lowest BCUT2D eigenvalue weighted by Gasteiger charge is -2.37. The highest BCUT2D eigenvalue weighted by Crippen LogP contribution is 2.29. The third kappa shape index (κ3) is 2.96. The standard InChI is InChI=1S/C17H19BClNO3/c1-16(2,21)17(3,4)23-18-15-14-11-6-5-10(19)9-13(11)22-12(14)7-8-20-15/h5-9,18,21H,1-4H3. The maximum atomic E-state index is 10.2. The Labute approximate surface area is 140 Å². The number of hydrogen-bond acceptors (Lipinski definition) is 4. The first-order valence-corrected chi connectivity index (χ1v) is 7.89. The quantitative estimate of drug-likeness (QED) is 0.746. The number of hydrogen-bond donors (Lipinski definition) is 1. The summed E-state index contributed by atoms with van der Waals surface area (Å²) in [6.07, 6.45) is 1.70. The molecule has 0 aliphatic heterocycles. The highest BCUT2D eigenvalue weighted by Gasteiger charge is 2.36. The highest BCUT2D eigenvalue weighted by atomic mass is 35.5. The van der Waals surface area contributed by atoms with E-state index in [0.717, 1.165) is 27.5 Å². The van der Waals surface area contributed by atoms with Gasteiger partial charge in [-0.1, -0.05) is 11.6 Å². The van der Waals surface area contributed by atoms with Crippen LogP contribution in [0.2, 0.25) is 5.02 Å². The van der Waals surface area contributed by atoms with Crippen LogP contribution in [0.4, 0.5) is 0 Å². The topological polar surface area (TPSA) is 55.5 Å². The van der Waals surface area contributed by atoms with E-state index in [-0.39, 0.29) is 7.48 Å². The summed E-state index contributed by atoms with van der Waals surface area (Å²) in [6.45, 7) is 7.19. The van der Waals surface area contributed by atoms with Gasteiger partial charge in [0.15, 0.2) is 0 Å². The zero-order chi connectivity index (χ0) is 16.8. The van der Waals surface area contributed by atoms with Crippen LogP contribution in [0.3, 0.4) is 0 Å². The molecular weight excluding hydrogens is 312 g/mol. The van der Waals surface area contributed by atoms with Crippen LogP contribution in [-0.2, 0) is 4.65 Å². The van der Waals surface area contributed by atoms with Crippen LogP contribution in [0.5, 0.6) is 0 Å². The summed E-state index contributed by atoms with van der Waals surface area (Å²) in [6, 6.07) is 7.38. The first-order chi connectivity index (χ1) is 10.7. The smallest absolute Gasteiger partial charge is 0.330 e. The van der Waals surface area contributed by atoms with E-state index < -0.39 is 11.2 Å². The summed E-state index contributed by atoms with van der Waals surface area (Å²) in [7, 11) is 0.283. The van der Waals surface area contributed by atoms with Crippen molar-refractivity contribution in [2.24, 2.45) is 0 Å². The Hall–Kier alpha value is -1.56. The molecule has 2 aromatic heterocycles. The second kappa shape index (κ2) is 5.51. The summed E-state index contributed by atoms with van der Waals surface area (Å²) in [5, 5.41) is 12.7. The molecule has 0 saturated carbocycles. The first kappa shape index (κ1) is 16.3. The molecule has 0 spiro atoms. The van der Waals surface area contributed by atoms with Gasteiger partial charge in [0.2, 0.25) is 0 Å². The van der Waals surface area contributed by atoms with Crippen LogP contribution in [0.25, 0.3) is 21.9 Å². The maximum Gasteiger partial charge on any atom is 0.330 e. The van der Waals surface area contributed by atoms with Gasteiger partial charge in [-0.05, 0) is 45.9 Å². The third-order valence-electron chi connectivity index (χ3n) is 4.47. The Morgan fingerprint density at radius 1 is 1.17 bits per heavy atom. The molecule has 2 heterocycles. The predicted molar refractivity (Wildman–Crippen MR) is 94.8 cm³/mol. The van der Waals surface area contributed by atoms with E-state index in [4.69, 9.17) is 20.7 Å². The SMILES string of the molecule is CC(C)(O)C(C)(C)OBc1nccc2oc3cc(Cl)ccc3c12. The minimum Gasteiger partial charge on any atom is -0.456 e. The van der Waals surface area contributed by atoms with Crippen LogP contribution in [-0.4, -0.2) is 28.8 Å². The van der Waals surface area contributed by atoms with E-state index in [1.165, 1.54) is 0 Å². The Morgan fingerprint density at radius 2 is 1.91 bits per heavy atom. The van der Waals surface area contributed by atoms with Crippen molar-refractivity contribution < 1.29 is 14.2 Å². The molecule has 0 aliphatic carbocycles. The van der Waals surface area contributed by atoms with E-state index in [1.807, 2.05) is 32.0 Å². The predicted octanol–water partition coefficient (Wildman–Crippen LogP) is 3.18. The van der Waals surface area contributed by atoms with Gasteiger partial charge in [0.25, 0.3) is 0 Å². The Bertz CT molecular complexity index is 867. The molecule has 6 heteroatoms. The summed E-state index contributed by atoms with van der Waals surface area (Å²) in [5.74, 6) is 0. The minimum atomic E-state index is -0.965. The maximum absolute atomic E-state index is 10.2. The highest BCUT2D eigenvalue weighted by molar-refractivity contribution is 6.51. The number of benzene rings is 1. The fourth-order valence-electron chi connectivity index (χ4n) is 2.30. The number of furan rings is 1. The molecule has 23 heavy (non-hydrogen) atoms. The lowest BCUT2D eigenvalue weighted by Crippen LogP contribution is -2.49. The van der Waals surface area contributed by atoms with Gasteiger partial charge in [0.05, 0.1) is 11.2 Å². The number of fused-ring (bicyclic) bond motifs is 3. The Balaban J connectivity index is 2.03. The van der Waals surface area contributed by atoms with E-state index >= 15 is 0 Å². The summed E-state index contributed by atoms with van der Waals surface area (Å²) in [4.78, 5) is 4.44. The minimum absolute atomic E-state index is 0.283. The fraction of sp³-hybridized carbons (Fsp3) is 0.353. The first-order valence-electron chi connectivity index (χ1n) is 7.51. The van der Waals surface area contributed by atoms with Crippen molar-refractivity contribution in [3.63, 3.8) is 0 Å². The summed E-state index contributed by atoms with van der Waals surface area (Å²) >= 11 is 6.03. The van der Waals surface area contributed by atoms with Crippen LogP contribution >= 0.6 is 11.6 Å². The van der Waals surface area contributed by atoms with Gasteiger partial charge in [0.1, 0.15) is 11.2 Å². The zero-order valence-electron chi connectivity index (χ0n) is 13.7. The van der Waals surface area contributed by atoms with E-state index in [0.29, 0.717) is 5.02 Å². The van der Waals surface area contributed by atoms with Crippen molar-refractivity contribution in [3.8, 4) is 0 Å². The van der Waals surface area contributed by atoms with Gasteiger partial charge in [-0.2, -0.15) is 0 Å². The number of aliphatic hydroxyl groups is 1. The Morgan fingerprint density at radius 3 is 2.61 bits per heavy atom. The fourth-order valence-corrected chi connectivity index (χ4v) is 2.46. The molecule has 0 atom stereocenters. The monoisotopic (exact) mass is 331 g/mol. The molecule has 0 bridgehead atoms. The van der Waals surface area contributed by atoms with Crippen LogP contribution in [0, 0.1) is 0 Å². The van der Waals surface area contributed by atoms with Crippen molar-refractivity contribution in [1.82, 2.24) is 4.98 Å². The molecule has 0 radical (unpaired) electrons. The van der Waals surface area contributed by atoms with Gasteiger partial charge >= 0.3 is 7.48 Å². The summed E-state index contributed by atoms with van der Waals surface area (Å²) in [5.41, 5.74) is 0.577. The Kier molecular flexibility index (Phi) is 3.91. The largest absolute Gasteiger partial charge is 0.456 e. The normalized spacial score (nSPS) is 13.0. The molecule has 1 N–H and O–H groups in total. The molecular formula is C17H19BClNO3. The number of rotatable bonds is 4. The van der Waals surface area contributed by atoms with Crippen molar-refractivity contribution in [2.75, 3.05) is 0 Å². The molecule has 3 aromatic rings. The number of aromatic nitrogens is 1. The van der Waals surface area contributed by atoms with Crippen molar-refractivity contribution in [2.45, 2.75) is 38.9 Å². The van der Waals surface area contributed by atoms with E-state index in [9.17, 15) is 5.11 Å².